The highest BCUT2D eigenvalue weighted by atomic mass is 35.5. The second-order valence-electron chi connectivity index (χ2n) is 8.28. The molecule has 0 bridgehead atoms. The minimum absolute atomic E-state index is 0.0342. The number of aliphatic hydroxyl groups excluding tert-OH is 1. The first-order valence-corrected chi connectivity index (χ1v) is 12.1. The third-order valence-corrected chi connectivity index (χ3v) is 6.55. The van der Waals surface area contributed by atoms with Gasteiger partial charge in [0, 0.05) is 21.1 Å². The van der Waals surface area contributed by atoms with Crippen LogP contribution in [0, 0.1) is 0 Å². The van der Waals surface area contributed by atoms with E-state index in [4.69, 9.17) is 37.1 Å². The fraction of sp³-hybridized carbons (Fsp3) is 0.143. The molecule has 1 unspecified atom stereocenters. The number of hydrogen-bond donors (Lipinski definition) is 1. The van der Waals surface area contributed by atoms with Crippen molar-refractivity contribution in [3.8, 4) is 11.5 Å². The van der Waals surface area contributed by atoms with Gasteiger partial charge in [-0.1, -0.05) is 29.3 Å². The number of carbonyl (C=O) groups is 2. The Morgan fingerprint density at radius 2 is 1.73 bits per heavy atom. The number of rotatable bonds is 7. The zero-order chi connectivity index (χ0) is 26.3. The van der Waals surface area contributed by atoms with E-state index in [9.17, 15) is 14.7 Å². The first-order chi connectivity index (χ1) is 17.8. The van der Waals surface area contributed by atoms with E-state index in [2.05, 4.69) is 0 Å². The van der Waals surface area contributed by atoms with Gasteiger partial charge in [-0.2, -0.15) is 0 Å². The minimum atomic E-state index is -0.983. The van der Waals surface area contributed by atoms with Gasteiger partial charge in [-0.15, -0.1) is 0 Å². The summed E-state index contributed by atoms with van der Waals surface area (Å²) in [5, 5.41) is 12.6. The standard InChI is InChI=1S/C28H21Cl2NO6/c1-3-36-22-13-15(4-10-21(22)35-2)25-24(26(32)23-14-16-12-18(30)7-11-20(16)37-23)27(33)28(34)31(25)19-8-5-17(29)6-9-19/h4-14,25,33H,3H2,1-2H3. The highest BCUT2D eigenvalue weighted by Gasteiger charge is 2.45. The molecule has 1 aromatic heterocycles. The maximum absolute atomic E-state index is 13.8. The number of carbonyl (C=O) groups excluding carboxylic acids is 2. The molecule has 0 radical (unpaired) electrons. The molecule has 1 N–H and O–H groups in total. The topological polar surface area (TPSA) is 89.2 Å². The lowest BCUT2D eigenvalue weighted by molar-refractivity contribution is -0.117. The predicted molar refractivity (Wildman–Crippen MR) is 141 cm³/mol. The van der Waals surface area contributed by atoms with Crippen molar-refractivity contribution in [3.05, 3.63) is 99.4 Å². The van der Waals surface area contributed by atoms with Crippen LogP contribution in [0.2, 0.25) is 10.0 Å². The lowest BCUT2D eigenvalue weighted by atomic mass is 9.94. The molecule has 37 heavy (non-hydrogen) atoms. The molecular weight excluding hydrogens is 517 g/mol. The van der Waals surface area contributed by atoms with E-state index in [-0.39, 0.29) is 11.3 Å². The number of anilines is 1. The molecule has 1 aliphatic heterocycles. The molecule has 7 nitrogen and oxygen atoms in total. The normalized spacial score (nSPS) is 15.5. The van der Waals surface area contributed by atoms with E-state index in [0.29, 0.717) is 50.4 Å². The summed E-state index contributed by atoms with van der Waals surface area (Å²) in [4.78, 5) is 28.5. The van der Waals surface area contributed by atoms with Gasteiger partial charge in [0.25, 0.3) is 5.91 Å². The highest BCUT2D eigenvalue weighted by Crippen LogP contribution is 2.44. The van der Waals surface area contributed by atoms with Crippen LogP contribution in [0.4, 0.5) is 5.69 Å². The third kappa shape index (κ3) is 4.41. The van der Waals surface area contributed by atoms with Crippen molar-refractivity contribution < 1.29 is 28.6 Å². The molecule has 0 spiro atoms. The zero-order valence-corrected chi connectivity index (χ0v) is 21.3. The maximum atomic E-state index is 13.8. The Morgan fingerprint density at radius 1 is 1.00 bits per heavy atom. The molecule has 9 heteroatoms. The van der Waals surface area contributed by atoms with Crippen LogP contribution >= 0.6 is 23.2 Å². The van der Waals surface area contributed by atoms with Crippen LogP contribution in [0.25, 0.3) is 11.0 Å². The van der Waals surface area contributed by atoms with E-state index in [1.165, 1.54) is 18.1 Å². The van der Waals surface area contributed by atoms with E-state index in [1.807, 2.05) is 6.92 Å². The van der Waals surface area contributed by atoms with Gasteiger partial charge in [0.05, 0.1) is 25.3 Å². The van der Waals surface area contributed by atoms with Gasteiger partial charge in [0.15, 0.2) is 23.0 Å². The minimum Gasteiger partial charge on any atom is -0.503 e. The number of amides is 1. The summed E-state index contributed by atoms with van der Waals surface area (Å²) < 4.78 is 16.9. The number of methoxy groups -OCH3 is 1. The fourth-order valence-corrected chi connectivity index (χ4v) is 4.72. The summed E-state index contributed by atoms with van der Waals surface area (Å²) in [6.45, 7) is 2.21. The van der Waals surface area contributed by atoms with Crippen LogP contribution in [-0.2, 0) is 4.79 Å². The Hall–Kier alpha value is -3.94. The van der Waals surface area contributed by atoms with Crippen molar-refractivity contribution in [2.75, 3.05) is 18.6 Å². The molecule has 3 aromatic carbocycles. The molecule has 0 aliphatic carbocycles. The van der Waals surface area contributed by atoms with Crippen LogP contribution in [0.1, 0.15) is 29.1 Å². The SMILES string of the molecule is CCOc1cc(C2C(C(=O)c3cc4cc(Cl)ccc4o3)=C(O)C(=O)N2c2ccc(Cl)cc2)ccc1OC. The Kier molecular flexibility index (Phi) is 6.58. The maximum Gasteiger partial charge on any atom is 0.294 e. The number of aliphatic hydroxyl groups is 1. The molecule has 0 saturated carbocycles. The fourth-order valence-electron chi connectivity index (χ4n) is 4.41. The molecule has 1 amide bonds. The van der Waals surface area contributed by atoms with E-state index < -0.39 is 23.5 Å². The summed E-state index contributed by atoms with van der Waals surface area (Å²) in [6.07, 6.45) is 0. The average Bonchev–Trinajstić information content (AvgIpc) is 3.43. The summed E-state index contributed by atoms with van der Waals surface area (Å²) in [6, 6.07) is 17.1. The average molecular weight is 538 g/mol. The first-order valence-electron chi connectivity index (χ1n) is 11.4. The second-order valence-corrected chi connectivity index (χ2v) is 9.15. The van der Waals surface area contributed by atoms with Gasteiger partial charge in [-0.25, -0.2) is 0 Å². The van der Waals surface area contributed by atoms with Gasteiger partial charge in [0.1, 0.15) is 5.58 Å². The lowest BCUT2D eigenvalue weighted by Gasteiger charge is -2.27. The molecule has 5 rings (SSSR count). The Bertz CT molecular complexity index is 1560. The van der Waals surface area contributed by atoms with Crippen molar-refractivity contribution in [1.82, 2.24) is 0 Å². The number of nitrogens with zero attached hydrogens (tertiary/aromatic N) is 1. The van der Waals surface area contributed by atoms with E-state index in [0.717, 1.165) is 0 Å². The molecule has 0 saturated heterocycles. The largest absolute Gasteiger partial charge is 0.503 e. The molecular formula is C28H21Cl2NO6. The van der Waals surface area contributed by atoms with Gasteiger partial charge < -0.3 is 19.0 Å². The number of hydrogen-bond acceptors (Lipinski definition) is 6. The summed E-state index contributed by atoms with van der Waals surface area (Å²) >= 11 is 12.1. The third-order valence-electron chi connectivity index (χ3n) is 6.06. The van der Waals surface area contributed by atoms with Crippen molar-refractivity contribution in [2.45, 2.75) is 13.0 Å². The van der Waals surface area contributed by atoms with Gasteiger partial charge in [-0.05, 0) is 73.2 Å². The summed E-state index contributed by atoms with van der Waals surface area (Å²) in [5.74, 6) is -1.15. The molecule has 4 aromatic rings. The van der Waals surface area contributed by atoms with Crippen LogP contribution in [0.3, 0.4) is 0 Å². The van der Waals surface area contributed by atoms with E-state index in [1.54, 1.807) is 60.7 Å². The molecule has 1 aliphatic rings. The summed E-state index contributed by atoms with van der Waals surface area (Å²) in [7, 11) is 1.52. The van der Waals surface area contributed by atoms with Crippen LogP contribution in [0.5, 0.6) is 11.5 Å². The van der Waals surface area contributed by atoms with Gasteiger partial charge in [0.2, 0.25) is 5.78 Å². The Labute approximate surface area is 222 Å². The van der Waals surface area contributed by atoms with Crippen molar-refractivity contribution >= 4 is 51.5 Å². The number of fused-ring (bicyclic) bond motifs is 1. The smallest absolute Gasteiger partial charge is 0.294 e. The number of furan rings is 1. The van der Waals surface area contributed by atoms with Crippen molar-refractivity contribution in [2.24, 2.45) is 0 Å². The monoisotopic (exact) mass is 537 g/mol. The Balaban J connectivity index is 1.67. The number of Topliss-reactive ketones (excluding diaryl/α,β-unsaturated/α-hetero) is 1. The Morgan fingerprint density at radius 3 is 2.43 bits per heavy atom. The highest BCUT2D eigenvalue weighted by molar-refractivity contribution is 6.31. The van der Waals surface area contributed by atoms with Crippen molar-refractivity contribution in [3.63, 3.8) is 0 Å². The molecule has 0 fully saturated rings. The second kappa shape index (κ2) is 9.84. The number of ether oxygens (including phenoxy) is 2. The lowest BCUT2D eigenvalue weighted by Crippen LogP contribution is -2.31. The zero-order valence-electron chi connectivity index (χ0n) is 19.8. The van der Waals surface area contributed by atoms with Crippen LogP contribution < -0.4 is 14.4 Å². The van der Waals surface area contributed by atoms with Crippen LogP contribution in [0.15, 0.2) is 82.5 Å². The predicted octanol–water partition coefficient (Wildman–Crippen LogP) is 6.93. The van der Waals surface area contributed by atoms with Crippen molar-refractivity contribution in [1.29, 1.82) is 0 Å². The quantitative estimate of drug-likeness (QED) is 0.257. The molecule has 1 atom stereocenters. The first kappa shape index (κ1) is 24.7. The van der Waals surface area contributed by atoms with Gasteiger partial charge in [-0.3, -0.25) is 14.5 Å². The number of benzene rings is 3. The number of ketones is 1. The molecule has 2 heterocycles. The van der Waals surface area contributed by atoms with Gasteiger partial charge >= 0.3 is 0 Å². The molecule has 188 valence electrons. The summed E-state index contributed by atoms with van der Waals surface area (Å²) in [5.41, 5.74) is 1.29. The number of halogens is 2. The van der Waals surface area contributed by atoms with Crippen LogP contribution in [-0.4, -0.2) is 30.5 Å². The van der Waals surface area contributed by atoms with E-state index >= 15 is 0 Å².